The van der Waals surface area contributed by atoms with Crippen molar-refractivity contribution in [1.29, 1.82) is 0 Å². The number of nitrogens with zero attached hydrogens (tertiary/aromatic N) is 2. The zero-order valence-electron chi connectivity index (χ0n) is 13.7. The summed E-state index contributed by atoms with van der Waals surface area (Å²) in [6.45, 7) is 6.49. The highest BCUT2D eigenvalue weighted by molar-refractivity contribution is 7.11. The minimum atomic E-state index is 0.141. The minimum absolute atomic E-state index is 0.141. The van der Waals surface area contributed by atoms with E-state index in [1.165, 1.54) is 10.4 Å². The van der Waals surface area contributed by atoms with Crippen molar-refractivity contribution in [1.82, 2.24) is 15.2 Å². The van der Waals surface area contributed by atoms with Crippen molar-refractivity contribution in [2.24, 2.45) is 0 Å². The number of nitrogens with one attached hydrogen (secondary N) is 1. The molecule has 1 aromatic heterocycles. The lowest BCUT2D eigenvalue weighted by molar-refractivity contribution is -0.128. The second-order valence-electron chi connectivity index (χ2n) is 6.04. The summed E-state index contributed by atoms with van der Waals surface area (Å²) < 4.78 is 0. The summed E-state index contributed by atoms with van der Waals surface area (Å²) >= 11 is 1.74. The molecule has 2 aromatic rings. The van der Waals surface area contributed by atoms with Crippen molar-refractivity contribution in [2.75, 3.05) is 13.1 Å². The first-order chi connectivity index (χ1) is 11.1. The molecule has 0 spiro atoms. The highest BCUT2D eigenvalue weighted by Gasteiger charge is 2.24. The smallest absolute Gasteiger partial charge is 0.222 e. The van der Waals surface area contributed by atoms with Crippen LogP contribution in [-0.2, 0) is 11.3 Å². The minimum Gasteiger partial charge on any atom is -0.341 e. The van der Waals surface area contributed by atoms with Gasteiger partial charge in [-0.3, -0.25) is 4.79 Å². The predicted octanol–water partition coefficient (Wildman–Crippen LogP) is 3.21. The van der Waals surface area contributed by atoms with E-state index < -0.39 is 0 Å². The van der Waals surface area contributed by atoms with Crippen LogP contribution in [0.3, 0.4) is 0 Å². The van der Waals surface area contributed by atoms with Gasteiger partial charge in [-0.1, -0.05) is 30.3 Å². The lowest BCUT2D eigenvalue weighted by Gasteiger charge is -2.25. The summed E-state index contributed by atoms with van der Waals surface area (Å²) in [7, 11) is 0. The van der Waals surface area contributed by atoms with Gasteiger partial charge in [0.25, 0.3) is 0 Å². The maximum atomic E-state index is 12.0. The summed E-state index contributed by atoms with van der Waals surface area (Å²) in [5.74, 6) is 0.272. The molecule has 1 aliphatic heterocycles. The Morgan fingerprint density at radius 1 is 1.30 bits per heavy atom. The van der Waals surface area contributed by atoms with Crippen LogP contribution < -0.4 is 5.32 Å². The Labute approximate surface area is 141 Å². The fourth-order valence-corrected chi connectivity index (χ4v) is 3.80. The van der Waals surface area contributed by atoms with Crippen molar-refractivity contribution in [3.8, 4) is 0 Å². The SMILES string of the molecule is Cc1nc(CN[C@H](CN2CCCC2=O)c2ccccc2)sc1C. The zero-order valence-corrected chi connectivity index (χ0v) is 14.5. The van der Waals surface area contributed by atoms with E-state index >= 15 is 0 Å². The van der Waals surface area contributed by atoms with E-state index in [1.54, 1.807) is 11.3 Å². The second kappa shape index (κ2) is 7.23. The Morgan fingerprint density at radius 2 is 2.09 bits per heavy atom. The van der Waals surface area contributed by atoms with Gasteiger partial charge in [0, 0.05) is 30.9 Å². The Morgan fingerprint density at radius 3 is 2.70 bits per heavy atom. The number of benzene rings is 1. The number of carbonyl (C=O) groups excluding carboxylic acids is 1. The molecule has 0 radical (unpaired) electrons. The number of amides is 1. The first-order valence-corrected chi connectivity index (χ1v) is 8.94. The monoisotopic (exact) mass is 329 g/mol. The van der Waals surface area contributed by atoms with Crippen LogP contribution in [0.25, 0.3) is 0 Å². The van der Waals surface area contributed by atoms with Gasteiger partial charge in [-0.25, -0.2) is 4.98 Å². The average Bonchev–Trinajstić information content (AvgIpc) is 3.10. The van der Waals surface area contributed by atoms with Gasteiger partial charge in [-0.05, 0) is 25.8 Å². The largest absolute Gasteiger partial charge is 0.341 e. The Hall–Kier alpha value is -1.72. The fourth-order valence-electron chi connectivity index (χ4n) is 2.92. The number of likely N-dealkylation sites (tertiary alicyclic amines) is 1. The van der Waals surface area contributed by atoms with Crippen molar-refractivity contribution in [3.05, 3.63) is 51.5 Å². The molecule has 23 heavy (non-hydrogen) atoms. The number of aryl methyl sites for hydroxylation is 2. The number of carbonyl (C=O) groups is 1. The molecule has 2 heterocycles. The maximum Gasteiger partial charge on any atom is 0.222 e. The molecule has 3 rings (SSSR count). The van der Waals surface area contributed by atoms with Crippen LogP contribution in [0, 0.1) is 13.8 Å². The van der Waals surface area contributed by atoms with Crippen LogP contribution in [0.1, 0.15) is 40.0 Å². The number of hydrogen-bond donors (Lipinski definition) is 1. The van der Waals surface area contributed by atoms with E-state index in [0.29, 0.717) is 6.42 Å². The Kier molecular flexibility index (Phi) is 5.08. The highest BCUT2D eigenvalue weighted by Crippen LogP contribution is 2.21. The van der Waals surface area contributed by atoms with E-state index in [1.807, 2.05) is 30.0 Å². The van der Waals surface area contributed by atoms with Gasteiger partial charge >= 0.3 is 0 Å². The summed E-state index contributed by atoms with van der Waals surface area (Å²) in [6.07, 6.45) is 1.66. The van der Waals surface area contributed by atoms with Crippen molar-refractivity contribution in [2.45, 2.75) is 39.3 Å². The second-order valence-corrected chi connectivity index (χ2v) is 7.32. The molecule has 0 saturated carbocycles. The zero-order chi connectivity index (χ0) is 16.2. The number of thiazole rings is 1. The Bertz CT molecular complexity index is 649. The van der Waals surface area contributed by atoms with Crippen LogP contribution in [0.2, 0.25) is 0 Å². The molecule has 0 unspecified atom stereocenters. The van der Waals surface area contributed by atoms with Gasteiger partial charge < -0.3 is 10.2 Å². The molecule has 4 nitrogen and oxygen atoms in total. The third-order valence-electron chi connectivity index (χ3n) is 4.35. The Balaban J connectivity index is 1.71. The van der Waals surface area contributed by atoms with Crippen molar-refractivity contribution >= 4 is 17.2 Å². The average molecular weight is 329 g/mol. The van der Waals surface area contributed by atoms with Crippen LogP contribution in [-0.4, -0.2) is 28.9 Å². The third kappa shape index (κ3) is 3.98. The molecule has 0 aliphatic carbocycles. The molecule has 1 fully saturated rings. The quantitative estimate of drug-likeness (QED) is 0.885. The topological polar surface area (TPSA) is 45.2 Å². The summed E-state index contributed by atoms with van der Waals surface area (Å²) in [5, 5.41) is 4.70. The van der Waals surface area contributed by atoms with Crippen molar-refractivity contribution in [3.63, 3.8) is 0 Å². The summed E-state index contributed by atoms with van der Waals surface area (Å²) in [6, 6.07) is 10.5. The van der Waals surface area contributed by atoms with Crippen LogP contribution in [0.15, 0.2) is 30.3 Å². The maximum absolute atomic E-state index is 12.0. The molecule has 0 bridgehead atoms. The predicted molar refractivity (Wildman–Crippen MR) is 93.4 cm³/mol. The number of rotatable bonds is 6. The van der Waals surface area contributed by atoms with Crippen LogP contribution in [0.5, 0.6) is 0 Å². The molecule has 1 aliphatic rings. The molecule has 5 heteroatoms. The first-order valence-electron chi connectivity index (χ1n) is 8.12. The molecule has 1 saturated heterocycles. The standard InChI is InChI=1S/C18H23N3OS/c1-13-14(2)23-17(20-13)11-19-16(15-7-4-3-5-8-15)12-21-10-6-9-18(21)22/h3-5,7-8,16,19H,6,9-12H2,1-2H3/t16-/m1/s1. The molecule has 122 valence electrons. The van der Waals surface area contributed by atoms with Gasteiger partial charge in [0.1, 0.15) is 5.01 Å². The molecule has 1 atom stereocenters. The van der Waals surface area contributed by atoms with Gasteiger partial charge in [-0.15, -0.1) is 11.3 Å². The molecule has 1 N–H and O–H groups in total. The van der Waals surface area contributed by atoms with E-state index in [-0.39, 0.29) is 11.9 Å². The summed E-state index contributed by atoms with van der Waals surface area (Å²) in [4.78, 5) is 19.8. The fraction of sp³-hybridized carbons (Fsp3) is 0.444. The lowest BCUT2D eigenvalue weighted by atomic mass is 10.1. The van der Waals surface area contributed by atoms with Gasteiger partial charge in [0.15, 0.2) is 0 Å². The van der Waals surface area contributed by atoms with E-state index in [2.05, 4.69) is 29.4 Å². The normalized spacial score (nSPS) is 16.1. The van der Waals surface area contributed by atoms with E-state index in [9.17, 15) is 4.79 Å². The molecular formula is C18H23N3OS. The summed E-state index contributed by atoms with van der Waals surface area (Å²) in [5.41, 5.74) is 2.33. The number of aromatic nitrogens is 1. The van der Waals surface area contributed by atoms with Gasteiger partial charge in [0.2, 0.25) is 5.91 Å². The van der Waals surface area contributed by atoms with Crippen LogP contribution in [0.4, 0.5) is 0 Å². The first kappa shape index (κ1) is 16.1. The molecular weight excluding hydrogens is 306 g/mol. The highest BCUT2D eigenvalue weighted by atomic mass is 32.1. The van der Waals surface area contributed by atoms with Crippen LogP contribution >= 0.6 is 11.3 Å². The van der Waals surface area contributed by atoms with Gasteiger partial charge in [0.05, 0.1) is 11.7 Å². The molecule has 1 aromatic carbocycles. The van der Waals surface area contributed by atoms with E-state index in [0.717, 1.165) is 36.8 Å². The number of hydrogen-bond acceptors (Lipinski definition) is 4. The van der Waals surface area contributed by atoms with Crippen molar-refractivity contribution < 1.29 is 4.79 Å². The van der Waals surface area contributed by atoms with E-state index in [4.69, 9.17) is 0 Å². The molecule has 1 amide bonds. The third-order valence-corrected chi connectivity index (χ3v) is 5.42. The lowest BCUT2D eigenvalue weighted by Crippen LogP contribution is -2.35. The van der Waals surface area contributed by atoms with Gasteiger partial charge in [-0.2, -0.15) is 0 Å².